The first kappa shape index (κ1) is 20.3. The average molecular weight is 390 g/mol. The van der Waals surface area contributed by atoms with Gasteiger partial charge in [-0.3, -0.25) is 14.2 Å². The molecule has 6 heteroatoms. The van der Waals surface area contributed by atoms with Gasteiger partial charge in [0, 0.05) is 17.6 Å². The molecule has 0 saturated carbocycles. The number of hydrogen-bond donors (Lipinski definition) is 2. The summed E-state index contributed by atoms with van der Waals surface area (Å²) in [5.74, 6) is 0.358. The van der Waals surface area contributed by atoms with Crippen molar-refractivity contribution in [1.82, 2.24) is 9.55 Å². The molecule has 1 aromatic carbocycles. The average Bonchev–Trinajstić information content (AvgIpc) is 3.04. The summed E-state index contributed by atoms with van der Waals surface area (Å²) in [4.78, 5) is 31.0. The van der Waals surface area contributed by atoms with E-state index in [0.29, 0.717) is 43.0 Å². The number of allylic oxidation sites excluding steroid dienone is 2. The van der Waals surface area contributed by atoms with Crippen LogP contribution in [0, 0.1) is 0 Å². The van der Waals surface area contributed by atoms with Crippen LogP contribution in [0.1, 0.15) is 31.1 Å². The molecule has 0 unspecified atom stereocenters. The summed E-state index contributed by atoms with van der Waals surface area (Å²) in [6.07, 6.45) is 8.46. The van der Waals surface area contributed by atoms with Crippen molar-refractivity contribution in [3.05, 3.63) is 90.7 Å². The maximum Gasteiger partial charge on any atom is 0.277 e. The Morgan fingerprint density at radius 1 is 1.17 bits per heavy atom. The number of para-hydroxylation sites is 1. The second-order valence-corrected chi connectivity index (χ2v) is 7.18. The largest absolute Gasteiger partial charge is 0.376 e. The fourth-order valence-electron chi connectivity index (χ4n) is 3.95. The molecule has 1 aliphatic rings. The van der Waals surface area contributed by atoms with Crippen LogP contribution in [0.2, 0.25) is 0 Å². The molecule has 1 aromatic heterocycles. The lowest BCUT2D eigenvalue weighted by Crippen LogP contribution is -2.33. The molecule has 0 radical (unpaired) electrons. The van der Waals surface area contributed by atoms with Crippen LogP contribution in [-0.4, -0.2) is 22.0 Å². The number of amides is 1. The molecule has 6 nitrogen and oxygen atoms in total. The van der Waals surface area contributed by atoms with E-state index in [1.54, 1.807) is 18.2 Å². The number of hydrogen-bond acceptors (Lipinski definition) is 4. The topological polar surface area (TPSA) is 76.0 Å². The van der Waals surface area contributed by atoms with E-state index in [-0.39, 0.29) is 11.5 Å². The number of carbonyl (C=O) groups excluding carboxylic acids is 1. The summed E-state index contributed by atoms with van der Waals surface area (Å²) >= 11 is 0. The maximum absolute atomic E-state index is 13.2. The minimum absolute atomic E-state index is 0.239. The van der Waals surface area contributed by atoms with Crippen molar-refractivity contribution in [2.75, 3.05) is 17.2 Å². The molecule has 2 heterocycles. The van der Waals surface area contributed by atoms with Crippen LogP contribution in [0.25, 0.3) is 0 Å². The van der Waals surface area contributed by atoms with Crippen molar-refractivity contribution in [2.24, 2.45) is 0 Å². The monoisotopic (exact) mass is 390 g/mol. The number of rotatable bonds is 9. The molecule has 150 valence electrons. The summed E-state index contributed by atoms with van der Waals surface area (Å²) < 4.78 is 1.52. The highest BCUT2D eigenvalue weighted by Crippen LogP contribution is 2.45. The standard InChI is InChI=1S/C23H26N4O2/c1-4-12-23(13-5-2)15-19(20(28)26-17-10-8-7-9-11-17)27-21(29)18(24-14-6-3)16-25-22(23)27/h4-11,16,19,24H,1-3,12-15H2,(H,26,28)/t19-/m0/s1. The molecule has 0 spiro atoms. The van der Waals surface area contributed by atoms with E-state index >= 15 is 0 Å². The zero-order valence-corrected chi connectivity index (χ0v) is 16.4. The molecule has 0 fully saturated rings. The molecule has 2 aromatic rings. The van der Waals surface area contributed by atoms with E-state index in [9.17, 15) is 9.59 Å². The van der Waals surface area contributed by atoms with Crippen LogP contribution in [0.4, 0.5) is 11.4 Å². The van der Waals surface area contributed by atoms with E-state index < -0.39 is 11.5 Å². The molecule has 0 bridgehead atoms. The van der Waals surface area contributed by atoms with Crippen molar-refractivity contribution in [2.45, 2.75) is 30.7 Å². The molecular weight excluding hydrogens is 364 g/mol. The van der Waals surface area contributed by atoms with Gasteiger partial charge in [0.25, 0.3) is 5.56 Å². The first-order valence-electron chi connectivity index (χ1n) is 9.61. The van der Waals surface area contributed by atoms with Gasteiger partial charge in [0.15, 0.2) is 0 Å². The van der Waals surface area contributed by atoms with Gasteiger partial charge in [-0.25, -0.2) is 4.98 Å². The van der Waals surface area contributed by atoms with Crippen molar-refractivity contribution in [1.29, 1.82) is 0 Å². The van der Waals surface area contributed by atoms with E-state index in [4.69, 9.17) is 0 Å². The Bertz CT molecular complexity index is 968. The van der Waals surface area contributed by atoms with Gasteiger partial charge in [0.2, 0.25) is 5.91 Å². The van der Waals surface area contributed by atoms with Crippen molar-refractivity contribution in [3.63, 3.8) is 0 Å². The lowest BCUT2D eigenvalue weighted by atomic mass is 9.77. The van der Waals surface area contributed by atoms with Crippen LogP contribution in [-0.2, 0) is 10.2 Å². The molecular formula is C23H26N4O2. The molecule has 29 heavy (non-hydrogen) atoms. The molecule has 0 saturated heterocycles. The van der Waals surface area contributed by atoms with Gasteiger partial charge in [-0.05, 0) is 31.4 Å². The third-order valence-corrected chi connectivity index (χ3v) is 5.21. The Morgan fingerprint density at radius 2 is 1.86 bits per heavy atom. The number of aromatic nitrogens is 2. The second-order valence-electron chi connectivity index (χ2n) is 7.18. The maximum atomic E-state index is 13.2. The molecule has 2 N–H and O–H groups in total. The smallest absolute Gasteiger partial charge is 0.277 e. The quantitative estimate of drug-likeness (QED) is 0.639. The third kappa shape index (κ3) is 3.92. The van der Waals surface area contributed by atoms with Crippen LogP contribution >= 0.6 is 0 Å². The number of benzene rings is 1. The minimum atomic E-state index is -0.671. The highest BCUT2D eigenvalue weighted by Gasteiger charge is 2.47. The van der Waals surface area contributed by atoms with E-state index in [2.05, 4.69) is 35.4 Å². The predicted molar refractivity (Wildman–Crippen MR) is 117 cm³/mol. The van der Waals surface area contributed by atoms with Crippen molar-refractivity contribution in [3.8, 4) is 0 Å². The van der Waals surface area contributed by atoms with Gasteiger partial charge >= 0.3 is 0 Å². The van der Waals surface area contributed by atoms with Gasteiger partial charge < -0.3 is 10.6 Å². The van der Waals surface area contributed by atoms with Crippen LogP contribution in [0.15, 0.2) is 79.3 Å². The van der Waals surface area contributed by atoms with Crippen molar-refractivity contribution < 1.29 is 4.79 Å². The van der Waals surface area contributed by atoms with Gasteiger partial charge in [-0.1, -0.05) is 36.4 Å². The Balaban J connectivity index is 2.07. The molecule has 1 atom stereocenters. The summed E-state index contributed by atoms with van der Waals surface area (Å²) in [6.45, 7) is 11.8. The van der Waals surface area contributed by atoms with E-state index in [1.807, 2.05) is 30.3 Å². The van der Waals surface area contributed by atoms with Crippen LogP contribution in [0.3, 0.4) is 0 Å². The lowest BCUT2D eigenvalue weighted by Gasteiger charge is -2.25. The van der Waals surface area contributed by atoms with Gasteiger partial charge in [0.05, 0.1) is 6.20 Å². The van der Waals surface area contributed by atoms with Gasteiger partial charge in [0.1, 0.15) is 17.6 Å². The number of anilines is 2. The molecule has 1 aliphatic heterocycles. The number of carbonyl (C=O) groups is 1. The summed E-state index contributed by atoms with van der Waals surface area (Å²) in [7, 11) is 0. The normalized spacial score (nSPS) is 16.5. The highest BCUT2D eigenvalue weighted by molar-refractivity contribution is 5.94. The molecule has 1 amide bonds. The molecule has 3 rings (SSSR count). The number of nitrogens with one attached hydrogen (secondary N) is 2. The van der Waals surface area contributed by atoms with Gasteiger partial charge in [-0.15, -0.1) is 19.7 Å². The fraction of sp³-hybridized carbons (Fsp3) is 0.261. The van der Waals surface area contributed by atoms with E-state index in [1.165, 1.54) is 10.8 Å². The summed E-state index contributed by atoms with van der Waals surface area (Å²) in [5.41, 5.74) is 0.281. The third-order valence-electron chi connectivity index (χ3n) is 5.21. The SMILES string of the molecule is C=CCNc1cnc2n(c1=O)[C@H](C(=O)Nc1ccccc1)CC2(CC=C)CC=C. The van der Waals surface area contributed by atoms with Gasteiger partial charge in [-0.2, -0.15) is 0 Å². The Hall–Kier alpha value is -3.41. The van der Waals surface area contributed by atoms with Crippen LogP contribution < -0.4 is 16.2 Å². The Labute approximate surface area is 170 Å². The highest BCUT2D eigenvalue weighted by atomic mass is 16.2. The first-order chi connectivity index (χ1) is 14.1. The zero-order valence-electron chi connectivity index (χ0n) is 16.4. The number of nitrogens with zero attached hydrogens (tertiary/aromatic N) is 2. The summed E-state index contributed by atoms with van der Waals surface area (Å²) in [6, 6.07) is 8.54. The van der Waals surface area contributed by atoms with E-state index in [0.717, 1.165) is 0 Å². The zero-order chi connectivity index (χ0) is 20.9. The fourth-order valence-corrected chi connectivity index (χ4v) is 3.95. The Kier molecular flexibility index (Phi) is 6.12. The molecule has 0 aliphatic carbocycles. The first-order valence-corrected chi connectivity index (χ1v) is 9.61. The number of fused-ring (bicyclic) bond motifs is 1. The second kappa shape index (κ2) is 8.73. The summed E-state index contributed by atoms with van der Waals surface area (Å²) in [5, 5.41) is 5.93. The predicted octanol–water partition coefficient (Wildman–Crippen LogP) is 3.81. The lowest BCUT2D eigenvalue weighted by molar-refractivity contribution is -0.119. The van der Waals surface area contributed by atoms with Crippen molar-refractivity contribution >= 4 is 17.3 Å². The minimum Gasteiger partial charge on any atom is -0.376 e. The van der Waals surface area contributed by atoms with Crippen LogP contribution in [0.5, 0.6) is 0 Å². The Morgan fingerprint density at radius 3 is 2.48 bits per heavy atom.